The Morgan fingerprint density at radius 1 is 0.929 bits per heavy atom. The van der Waals surface area contributed by atoms with Gasteiger partial charge in [-0.25, -0.2) is 15.0 Å². The van der Waals surface area contributed by atoms with Gasteiger partial charge in [0.25, 0.3) is 5.91 Å². The highest BCUT2D eigenvalue weighted by Crippen LogP contribution is 2.29. The molecule has 0 fully saturated rings. The van der Waals surface area contributed by atoms with Gasteiger partial charge in [0, 0.05) is 18.9 Å². The fourth-order valence-corrected chi connectivity index (χ4v) is 3.98. The summed E-state index contributed by atoms with van der Waals surface area (Å²) in [5.41, 5.74) is 3.08. The van der Waals surface area contributed by atoms with Crippen LogP contribution in [0.25, 0.3) is 20.9 Å². The number of nitrogens with one attached hydrogen (secondary N) is 1. The van der Waals surface area contributed by atoms with E-state index in [1.54, 1.807) is 12.4 Å². The van der Waals surface area contributed by atoms with Gasteiger partial charge in [-0.1, -0.05) is 42.5 Å². The van der Waals surface area contributed by atoms with Crippen LogP contribution in [0.5, 0.6) is 0 Å². The van der Waals surface area contributed by atoms with Crippen molar-refractivity contribution in [3.8, 4) is 10.7 Å². The van der Waals surface area contributed by atoms with E-state index in [4.69, 9.17) is 0 Å². The zero-order valence-corrected chi connectivity index (χ0v) is 16.2. The van der Waals surface area contributed by atoms with E-state index in [1.165, 1.54) is 16.9 Å². The molecular formula is C22H20N4OS. The van der Waals surface area contributed by atoms with E-state index in [0.29, 0.717) is 22.9 Å². The van der Waals surface area contributed by atoms with Crippen LogP contribution in [0.2, 0.25) is 0 Å². The first-order valence-corrected chi connectivity index (χ1v) is 10.1. The summed E-state index contributed by atoms with van der Waals surface area (Å²) in [6, 6.07) is 18.3. The van der Waals surface area contributed by atoms with Gasteiger partial charge in [-0.3, -0.25) is 4.79 Å². The molecule has 2 heterocycles. The number of carbonyl (C=O) groups excluding carboxylic acids is 1. The Hall–Kier alpha value is -3.12. The van der Waals surface area contributed by atoms with Crippen LogP contribution in [0.1, 0.15) is 28.9 Å². The Morgan fingerprint density at radius 2 is 1.71 bits per heavy atom. The van der Waals surface area contributed by atoms with Crippen molar-refractivity contribution in [3.63, 3.8) is 0 Å². The third-order valence-corrected chi connectivity index (χ3v) is 5.47. The van der Waals surface area contributed by atoms with Crippen LogP contribution in [-0.4, -0.2) is 27.4 Å². The van der Waals surface area contributed by atoms with Gasteiger partial charge in [0.15, 0.2) is 5.69 Å². The third-order valence-electron chi connectivity index (χ3n) is 4.43. The number of aromatic nitrogens is 3. The summed E-state index contributed by atoms with van der Waals surface area (Å²) < 4.78 is 1.07. The minimum Gasteiger partial charge on any atom is -0.351 e. The van der Waals surface area contributed by atoms with Gasteiger partial charge in [-0.2, -0.15) is 0 Å². The van der Waals surface area contributed by atoms with Crippen molar-refractivity contribution in [1.29, 1.82) is 0 Å². The average molecular weight is 388 g/mol. The normalized spacial score (nSPS) is 10.9. The number of para-hydroxylation sites is 1. The third kappa shape index (κ3) is 4.23. The Bertz CT molecular complexity index is 1050. The maximum absolute atomic E-state index is 12.7. The van der Waals surface area contributed by atoms with Gasteiger partial charge in [0.05, 0.1) is 10.2 Å². The van der Waals surface area contributed by atoms with E-state index in [2.05, 4.69) is 44.5 Å². The highest BCUT2D eigenvalue weighted by molar-refractivity contribution is 7.21. The van der Waals surface area contributed by atoms with Crippen molar-refractivity contribution in [2.24, 2.45) is 0 Å². The van der Waals surface area contributed by atoms with E-state index in [0.717, 1.165) is 29.5 Å². The first kappa shape index (κ1) is 18.3. The standard InChI is InChI=1S/C22H20N4OS/c27-21(25-13-7-6-10-16-8-2-1-3-9-16)19-20(24-15-14-23-19)22-26-17-11-4-5-12-18(17)28-22/h1-5,8-9,11-12,14-15H,6-7,10,13H2,(H,25,27). The largest absolute Gasteiger partial charge is 0.351 e. The molecule has 0 aliphatic carbocycles. The van der Waals surface area contributed by atoms with E-state index in [1.807, 2.05) is 30.3 Å². The lowest BCUT2D eigenvalue weighted by molar-refractivity contribution is 0.0948. The molecule has 1 N–H and O–H groups in total. The van der Waals surface area contributed by atoms with Crippen molar-refractivity contribution in [1.82, 2.24) is 20.3 Å². The van der Waals surface area contributed by atoms with Crippen LogP contribution in [0.3, 0.4) is 0 Å². The summed E-state index contributed by atoms with van der Waals surface area (Å²) in [5.74, 6) is -0.206. The molecule has 0 aliphatic rings. The zero-order chi connectivity index (χ0) is 19.2. The number of carbonyl (C=O) groups is 1. The molecule has 6 heteroatoms. The molecule has 0 unspecified atom stereocenters. The van der Waals surface area contributed by atoms with Crippen molar-refractivity contribution >= 4 is 27.5 Å². The SMILES string of the molecule is O=C(NCCCCc1ccccc1)c1nccnc1-c1nc2ccccc2s1. The van der Waals surface area contributed by atoms with Crippen LogP contribution >= 0.6 is 11.3 Å². The Morgan fingerprint density at radius 3 is 2.57 bits per heavy atom. The van der Waals surface area contributed by atoms with Gasteiger partial charge < -0.3 is 5.32 Å². The molecule has 0 saturated carbocycles. The van der Waals surface area contributed by atoms with E-state index < -0.39 is 0 Å². The fourth-order valence-electron chi connectivity index (χ4n) is 3.02. The number of amides is 1. The topological polar surface area (TPSA) is 67.8 Å². The number of hydrogen-bond donors (Lipinski definition) is 1. The molecule has 0 saturated heterocycles. The summed E-state index contributed by atoms with van der Waals surface area (Å²) in [6.07, 6.45) is 6.09. The lowest BCUT2D eigenvalue weighted by Gasteiger charge is -2.07. The van der Waals surface area contributed by atoms with Crippen LogP contribution < -0.4 is 5.32 Å². The number of aryl methyl sites for hydroxylation is 1. The van der Waals surface area contributed by atoms with Gasteiger partial charge >= 0.3 is 0 Å². The van der Waals surface area contributed by atoms with Gasteiger partial charge in [-0.05, 0) is 37.0 Å². The van der Waals surface area contributed by atoms with Crippen LogP contribution in [0, 0.1) is 0 Å². The summed E-state index contributed by atoms with van der Waals surface area (Å²) in [4.78, 5) is 25.9. The van der Waals surface area contributed by atoms with Crippen molar-refractivity contribution in [3.05, 3.63) is 78.2 Å². The Kier molecular flexibility index (Phi) is 5.68. The highest BCUT2D eigenvalue weighted by Gasteiger charge is 2.18. The number of thiazole rings is 1. The van der Waals surface area contributed by atoms with E-state index in [-0.39, 0.29) is 5.91 Å². The molecule has 2 aromatic heterocycles. The number of hydrogen-bond acceptors (Lipinski definition) is 5. The molecule has 4 aromatic rings. The van der Waals surface area contributed by atoms with Crippen LogP contribution in [0.15, 0.2) is 67.0 Å². The van der Waals surface area contributed by atoms with E-state index >= 15 is 0 Å². The summed E-state index contributed by atoms with van der Waals surface area (Å²) in [5, 5.41) is 3.68. The molecule has 5 nitrogen and oxygen atoms in total. The first-order valence-electron chi connectivity index (χ1n) is 9.30. The zero-order valence-electron chi connectivity index (χ0n) is 15.3. The van der Waals surface area contributed by atoms with Crippen molar-refractivity contribution in [2.45, 2.75) is 19.3 Å². The number of rotatable bonds is 7. The molecule has 0 radical (unpaired) electrons. The second-order valence-corrected chi connectivity index (χ2v) is 7.47. The quantitative estimate of drug-likeness (QED) is 0.473. The van der Waals surface area contributed by atoms with Crippen LogP contribution in [0.4, 0.5) is 0 Å². The van der Waals surface area contributed by atoms with Crippen molar-refractivity contribution < 1.29 is 4.79 Å². The van der Waals surface area contributed by atoms with Gasteiger partial charge in [0.1, 0.15) is 10.7 Å². The van der Waals surface area contributed by atoms with E-state index in [9.17, 15) is 4.79 Å². The summed E-state index contributed by atoms with van der Waals surface area (Å²) in [6.45, 7) is 0.613. The molecule has 0 aliphatic heterocycles. The predicted molar refractivity (Wildman–Crippen MR) is 112 cm³/mol. The molecule has 1 amide bonds. The summed E-state index contributed by atoms with van der Waals surface area (Å²) in [7, 11) is 0. The van der Waals surface area contributed by atoms with Crippen molar-refractivity contribution in [2.75, 3.05) is 6.54 Å². The molecule has 4 rings (SSSR count). The summed E-state index contributed by atoms with van der Waals surface area (Å²) >= 11 is 1.52. The maximum atomic E-state index is 12.7. The maximum Gasteiger partial charge on any atom is 0.272 e. The predicted octanol–water partition coefficient (Wildman–Crippen LogP) is 4.51. The second kappa shape index (κ2) is 8.71. The van der Waals surface area contributed by atoms with Gasteiger partial charge in [0.2, 0.25) is 0 Å². The van der Waals surface area contributed by atoms with Crippen LogP contribution in [-0.2, 0) is 6.42 Å². The number of unbranched alkanes of at least 4 members (excludes halogenated alkanes) is 1. The number of nitrogens with zero attached hydrogens (tertiary/aromatic N) is 3. The molecular weight excluding hydrogens is 368 g/mol. The Balaban J connectivity index is 1.39. The average Bonchev–Trinajstić information content (AvgIpc) is 3.18. The second-order valence-electron chi connectivity index (χ2n) is 6.44. The molecule has 140 valence electrons. The number of fused-ring (bicyclic) bond motifs is 1. The lowest BCUT2D eigenvalue weighted by atomic mass is 10.1. The number of benzene rings is 2. The molecule has 0 atom stereocenters. The highest BCUT2D eigenvalue weighted by atomic mass is 32.1. The first-order chi connectivity index (χ1) is 13.8. The molecule has 2 aromatic carbocycles. The molecule has 0 spiro atoms. The lowest BCUT2D eigenvalue weighted by Crippen LogP contribution is -2.26. The molecule has 0 bridgehead atoms. The Labute approximate surface area is 167 Å². The smallest absolute Gasteiger partial charge is 0.272 e. The molecule has 28 heavy (non-hydrogen) atoms. The van der Waals surface area contributed by atoms with Gasteiger partial charge in [-0.15, -0.1) is 11.3 Å². The minimum atomic E-state index is -0.206. The fraction of sp³-hybridized carbons (Fsp3) is 0.182. The monoisotopic (exact) mass is 388 g/mol. The minimum absolute atomic E-state index is 0.206.